The van der Waals surface area contributed by atoms with E-state index in [0.717, 1.165) is 22.4 Å². The fraction of sp³-hybridized carbons (Fsp3) is 0.435. The maximum absolute atomic E-state index is 12.9. The van der Waals surface area contributed by atoms with Crippen molar-refractivity contribution in [1.29, 1.82) is 0 Å². The highest BCUT2D eigenvalue weighted by molar-refractivity contribution is 5.97. The lowest BCUT2D eigenvalue weighted by Crippen LogP contribution is -2.28. The van der Waals surface area contributed by atoms with Crippen molar-refractivity contribution in [3.8, 4) is 11.5 Å². The number of rotatable bonds is 7. The van der Waals surface area contributed by atoms with Crippen LogP contribution < -0.4 is 14.8 Å². The maximum Gasteiger partial charge on any atom is 0.255 e. The molecule has 1 N–H and O–H groups in total. The number of benzene rings is 2. The van der Waals surface area contributed by atoms with Crippen molar-refractivity contribution in [1.82, 2.24) is 5.32 Å². The van der Waals surface area contributed by atoms with Crippen molar-refractivity contribution in [3.05, 3.63) is 58.7 Å². The van der Waals surface area contributed by atoms with Crippen LogP contribution in [0.3, 0.4) is 0 Å². The number of para-hydroxylation sites is 1. The number of methoxy groups -OCH3 is 1. The molecule has 1 amide bonds. The van der Waals surface area contributed by atoms with Gasteiger partial charge < -0.3 is 14.8 Å². The molecule has 0 aliphatic carbocycles. The lowest BCUT2D eigenvalue weighted by atomic mass is 9.93. The first kappa shape index (κ1) is 20.8. The molecule has 0 bridgehead atoms. The van der Waals surface area contributed by atoms with Crippen LogP contribution in [0, 0.1) is 6.92 Å². The monoisotopic (exact) mass is 369 g/mol. The van der Waals surface area contributed by atoms with E-state index in [1.165, 1.54) is 0 Å². The second-order valence-corrected chi connectivity index (χ2v) is 7.46. The molecule has 0 fully saturated rings. The number of carbonyl (C=O) groups excluding carboxylic acids is 1. The number of carbonyl (C=O) groups is 1. The molecule has 0 aliphatic heterocycles. The van der Waals surface area contributed by atoms with Crippen molar-refractivity contribution < 1.29 is 14.3 Å². The van der Waals surface area contributed by atoms with Gasteiger partial charge in [0.1, 0.15) is 11.5 Å². The van der Waals surface area contributed by atoms with E-state index in [1.54, 1.807) is 13.2 Å². The molecule has 0 aromatic heterocycles. The Morgan fingerprint density at radius 3 is 2.22 bits per heavy atom. The van der Waals surface area contributed by atoms with Crippen LogP contribution in [0.4, 0.5) is 0 Å². The summed E-state index contributed by atoms with van der Waals surface area (Å²) in [5.74, 6) is 1.69. The summed E-state index contributed by atoms with van der Waals surface area (Å²) in [7, 11) is 1.69. The van der Waals surface area contributed by atoms with E-state index in [2.05, 4.69) is 25.2 Å². The molecule has 4 nitrogen and oxygen atoms in total. The molecule has 1 unspecified atom stereocenters. The molecule has 0 radical (unpaired) electrons. The summed E-state index contributed by atoms with van der Waals surface area (Å²) >= 11 is 0. The van der Waals surface area contributed by atoms with Crippen LogP contribution in [-0.4, -0.2) is 19.1 Å². The van der Waals surface area contributed by atoms with Crippen LogP contribution in [0.2, 0.25) is 0 Å². The molecule has 1 atom stereocenters. The molecular formula is C23H31NO3. The van der Waals surface area contributed by atoms with Gasteiger partial charge in [0.2, 0.25) is 0 Å². The molecule has 27 heavy (non-hydrogen) atoms. The lowest BCUT2D eigenvalue weighted by Gasteiger charge is -2.22. The minimum absolute atomic E-state index is 0.00815. The van der Waals surface area contributed by atoms with Crippen LogP contribution in [0.5, 0.6) is 11.5 Å². The van der Waals surface area contributed by atoms with Gasteiger partial charge in [0, 0.05) is 0 Å². The molecule has 0 heterocycles. The number of hydrogen-bond donors (Lipinski definition) is 1. The van der Waals surface area contributed by atoms with E-state index in [4.69, 9.17) is 9.47 Å². The number of aryl methyl sites for hydroxylation is 1. The predicted molar refractivity (Wildman–Crippen MR) is 110 cm³/mol. The Kier molecular flexibility index (Phi) is 6.89. The Morgan fingerprint density at radius 2 is 1.63 bits per heavy atom. The quantitative estimate of drug-likeness (QED) is 0.710. The van der Waals surface area contributed by atoms with Crippen molar-refractivity contribution in [3.63, 3.8) is 0 Å². The summed E-state index contributed by atoms with van der Waals surface area (Å²) in [5, 5.41) is 3.11. The molecule has 2 aromatic carbocycles. The van der Waals surface area contributed by atoms with E-state index in [9.17, 15) is 4.79 Å². The van der Waals surface area contributed by atoms with E-state index in [-0.39, 0.29) is 18.1 Å². The molecule has 146 valence electrons. The fourth-order valence-corrected chi connectivity index (χ4v) is 3.17. The fourth-order valence-electron chi connectivity index (χ4n) is 3.17. The highest BCUT2D eigenvalue weighted by Gasteiger charge is 2.19. The third-order valence-electron chi connectivity index (χ3n) is 4.55. The first-order chi connectivity index (χ1) is 12.7. The second-order valence-electron chi connectivity index (χ2n) is 7.46. The first-order valence-corrected chi connectivity index (χ1v) is 9.49. The van der Waals surface area contributed by atoms with Gasteiger partial charge in [-0.2, -0.15) is 0 Å². The number of amides is 1. The average molecular weight is 370 g/mol. The van der Waals surface area contributed by atoms with E-state index >= 15 is 0 Å². The summed E-state index contributed by atoms with van der Waals surface area (Å²) < 4.78 is 11.3. The Labute approximate surface area is 162 Å². The summed E-state index contributed by atoms with van der Waals surface area (Å²) in [4.78, 5) is 12.9. The average Bonchev–Trinajstić information content (AvgIpc) is 2.60. The van der Waals surface area contributed by atoms with Crippen molar-refractivity contribution in [2.75, 3.05) is 7.11 Å². The number of nitrogens with one attached hydrogen (secondary N) is 1. The maximum atomic E-state index is 12.9. The van der Waals surface area contributed by atoms with Gasteiger partial charge in [-0.25, -0.2) is 0 Å². The van der Waals surface area contributed by atoms with Crippen molar-refractivity contribution in [2.45, 2.75) is 59.6 Å². The topological polar surface area (TPSA) is 47.6 Å². The van der Waals surface area contributed by atoms with Crippen LogP contribution in [0.15, 0.2) is 36.4 Å². The van der Waals surface area contributed by atoms with E-state index in [1.807, 2.05) is 52.0 Å². The number of ether oxygens (including phenoxy) is 2. The Bertz CT molecular complexity index is 796. The molecule has 0 saturated heterocycles. The zero-order chi connectivity index (χ0) is 20.1. The van der Waals surface area contributed by atoms with Crippen LogP contribution >= 0.6 is 0 Å². The van der Waals surface area contributed by atoms with Gasteiger partial charge in [0.05, 0.1) is 24.8 Å². The van der Waals surface area contributed by atoms with Gasteiger partial charge in [0.15, 0.2) is 0 Å². The van der Waals surface area contributed by atoms with Gasteiger partial charge >= 0.3 is 0 Å². The summed E-state index contributed by atoms with van der Waals surface area (Å²) in [5.41, 5.74) is 3.88. The zero-order valence-corrected chi connectivity index (χ0v) is 17.4. The molecule has 0 saturated carbocycles. The zero-order valence-electron chi connectivity index (χ0n) is 17.4. The highest BCUT2D eigenvalue weighted by Crippen LogP contribution is 2.32. The Morgan fingerprint density at radius 1 is 0.963 bits per heavy atom. The SMILES string of the molecule is COc1cc(C)c(C(C)NC(=O)c2ccccc2OC(C)C)cc1C(C)C. The Hall–Kier alpha value is -2.49. The predicted octanol–water partition coefficient (Wildman–Crippen LogP) is 5.41. The minimum Gasteiger partial charge on any atom is -0.496 e. The molecule has 2 rings (SSSR count). The summed E-state index contributed by atoms with van der Waals surface area (Å²) in [6, 6.07) is 11.4. The minimum atomic E-state index is -0.139. The van der Waals surface area contributed by atoms with Gasteiger partial charge in [-0.15, -0.1) is 0 Å². The third kappa shape index (κ3) is 5.03. The van der Waals surface area contributed by atoms with E-state index < -0.39 is 0 Å². The van der Waals surface area contributed by atoms with Crippen molar-refractivity contribution in [2.24, 2.45) is 0 Å². The smallest absolute Gasteiger partial charge is 0.255 e. The Balaban J connectivity index is 2.29. The van der Waals surface area contributed by atoms with Gasteiger partial charge in [-0.3, -0.25) is 4.79 Å². The molecular weight excluding hydrogens is 338 g/mol. The third-order valence-corrected chi connectivity index (χ3v) is 4.55. The standard InChI is InChI=1S/C23H31NO3/c1-14(2)19-13-20(16(5)12-22(19)26-7)17(6)24-23(25)18-10-8-9-11-21(18)27-15(3)4/h8-15,17H,1-7H3,(H,24,25). The molecule has 0 aliphatic rings. The van der Waals surface area contributed by atoms with Gasteiger partial charge in [0.25, 0.3) is 5.91 Å². The second kappa shape index (κ2) is 8.94. The van der Waals surface area contributed by atoms with Gasteiger partial charge in [-0.1, -0.05) is 26.0 Å². The van der Waals surface area contributed by atoms with Gasteiger partial charge in [-0.05, 0) is 74.6 Å². The lowest BCUT2D eigenvalue weighted by molar-refractivity contribution is 0.0934. The molecule has 2 aromatic rings. The van der Waals surface area contributed by atoms with Crippen LogP contribution in [0.25, 0.3) is 0 Å². The summed E-state index contributed by atoms with van der Waals surface area (Å²) in [6.45, 7) is 12.2. The summed E-state index contributed by atoms with van der Waals surface area (Å²) in [6.07, 6.45) is 0.00815. The molecule has 0 spiro atoms. The molecule has 4 heteroatoms. The van der Waals surface area contributed by atoms with Crippen molar-refractivity contribution >= 4 is 5.91 Å². The normalized spacial score (nSPS) is 12.2. The number of hydrogen-bond acceptors (Lipinski definition) is 3. The first-order valence-electron chi connectivity index (χ1n) is 9.49. The van der Waals surface area contributed by atoms with Crippen LogP contribution in [-0.2, 0) is 0 Å². The highest BCUT2D eigenvalue weighted by atomic mass is 16.5. The van der Waals surface area contributed by atoms with Crippen LogP contribution in [0.1, 0.15) is 73.6 Å². The largest absolute Gasteiger partial charge is 0.496 e. The van der Waals surface area contributed by atoms with E-state index in [0.29, 0.717) is 17.2 Å².